The third kappa shape index (κ3) is 4.31. The minimum Gasteiger partial charge on any atom is -0.480 e. The van der Waals surface area contributed by atoms with E-state index in [9.17, 15) is 4.79 Å². The fourth-order valence-electron chi connectivity index (χ4n) is 1.75. The number of carbonyl (C=O) groups is 1. The average Bonchev–Trinajstić information content (AvgIpc) is 2.40. The number of aryl methyl sites for hydroxylation is 1. The van der Waals surface area contributed by atoms with Gasteiger partial charge in [0.1, 0.15) is 5.75 Å². The normalized spacial score (nSPS) is 11.5. The number of hydrogen-bond donors (Lipinski definition) is 2. The Labute approximate surface area is 114 Å². The molecule has 1 aromatic rings. The van der Waals surface area contributed by atoms with Gasteiger partial charge in [0.25, 0.3) is 5.91 Å². The van der Waals surface area contributed by atoms with E-state index in [1.165, 1.54) is 0 Å². The summed E-state index contributed by atoms with van der Waals surface area (Å²) in [6, 6.07) is 5.86. The molecule has 4 nitrogen and oxygen atoms in total. The predicted octanol–water partition coefficient (Wildman–Crippen LogP) is 1.01. The molecular formula is C15H20N2O2. The fraction of sp³-hybridized carbons (Fsp3) is 0.400. The first-order chi connectivity index (χ1) is 9.10. The summed E-state index contributed by atoms with van der Waals surface area (Å²) in [6.07, 6.45) is 5.22. The van der Waals surface area contributed by atoms with Crippen molar-refractivity contribution >= 4 is 5.91 Å². The Morgan fingerprint density at radius 1 is 1.58 bits per heavy atom. The average molecular weight is 260 g/mol. The number of terminal acetylenes is 1. The van der Waals surface area contributed by atoms with Gasteiger partial charge in [-0.2, -0.15) is 0 Å². The van der Waals surface area contributed by atoms with Crippen molar-refractivity contribution in [2.45, 2.75) is 26.4 Å². The van der Waals surface area contributed by atoms with Gasteiger partial charge in [-0.3, -0.25) is 4.79 Å². The zero-order valence-corrected chi connectivity index (χ0v) is 11.4. The van der Waals surface area contributed by atoms with Crippen LogP contribution in [0.2, 0.25) is 0 Å². The molecule has 102 valence electrons. The van der Waals surface area contributed by atoms with Crippen LogP contribution in [0.3, 0.4) is 0 Å². The fourth-order valence-corrected chi connectivity index (χ4v) is 1.75. The zero-order valence-electron chi connectivity index (χ0n) is 11.4. The summed E-state index contributed by atoms with van der Waals surface area (Å²) in [7, 11) is 0. The molecule has 4 heteroatoms. The van der Waals surface area contributed by atoms with E-state index < -0.39 is 6.10 Å². The number of nitrogens with two attached hydrogens (primary N) is 1. The molecule has 0 bridgehead atoms. The number of para-hydroxylation sites is 1. The Morgan fingerprint density at radius 3 is 2.95 bits per heavy atom. The highest BCUT2D eigenvalue weighted by molar-refractivity contribution is 5.81. The van der Waals surface area contributed by atoms with Crippen molar-refractivity contribution in [2.24, 2.45) is 5.73 Å². The van der Waals surface area contributed by atoms with E-state index in [1.807, 2.05) is 25.1 Å². The summed E-state index contributed by atoms with van der Waals surface area (Å²) in [5, 5.41) is 2.60. The van der Waals surface area contributed by atoms with Gasteiger partial charge in [0.15, 0.2) is 6.10 Å². The van der Waals surface area contributed by atoms with Crippen molar-refractivity contribution in [1.82, 2.24) is 5.32 Å². The summed E-state index contributed by atoms with van der Waals surface area (Å²) in [6.45, 7) is 4.39. The standard InChI is InChI=1S/C15H20N2O2/c1-4-10-17-15(18)12(3)19-14-11(2)6-5-7-13(14)8-9-16/h1,5-7,12H,8-10,16H2,2-3H3,(H,17,18). The van der Waals surface area contributed by atoms with Crippen molar-refractivity contribution in [3.63, 3.8) is 0 Å². The van der Waals surface area contributed by atoms with Crippen LogP contribution in [0, 0.1) is 19.3 Å². The Morgan fingerprint density at radius 2 is 2.32 bits per heavy atom. The highest BCUT2D eigenvalue weighted by Crippen LogP contribution is 2.24. The van der Waals surface area contributed by atoms with E-state index in [0.717, 1.165) is 23.3 Å². The van der Waals surface area contributed by atoms with E-state index in [-0.39, 0.29) is 12.5 Å². The van der Waals surface area contributed by atoms with Crippen molar-refractivity contribution in [3.8, 4) is 18.1 Å². The molecule has 0 aliphatic carbocycles. The second-order valence-corrected chi connectivity index (χ2v) is 4.28. The summed E-state index contributed by atoms with van der Waals surface area (Å²) >= 11 is 0. The van der Waals surface area contributed by atoms with Crippen LogP contribution in [0.5, 0.6) is 5.75 Å². The van der Waals surface area contributed by atoms with Crippen LogP contribution in [-0.4, -0.2) is 25.1 Å². The minimum atomic E-state index is -0.592. The molecule has 0 saturated heterocycles. The Balaban J connectivity index is 2.81. The van der Waals surface area contributed by atoms with Gasteiger partial charge < -0.3 is 15.8 Å². The second-order valence-electron chi connectivity index (χ2n) is 4.28. The van der Waals surface area contributed by atoms with Gasteiger partial charge in [-0.05, 0) is 37.9 Å². The van der Waals surface area contributed by atoms with E-state index >= 15 is 0 Å². The van der Waals surface area contributed by atoms with Gasteiger partial charge in [0.05, 0.1) is 6.54 Å². The molecule has 1 aromatic carbocycles. The molecule has 0 saturated carbocycles. The molecule has 0 aromatic heterocycles. The SMILES string of the molecule is C#CCNC(=O)C(C)Oc1c(C)cccc1CCN. The molecule has 1 atom stereocenters. The monoisotopic (exact) mass is 260 g/mol. The van der Waals surface area contributed by atoms with Crippen LogP contribution < -0.4 is 15.8 Å². The number of nitrogens with one attached hydrogen (secondary N) is 1. The number of amides is 1. The topological polar surface area (TPSA) is 64.3 Å². The smallest absolute Gasteiger partial charge is 0.261 e. The van der Waals surface area contributed by atoms with Crippen LogP contribution >= 0.6 is 0 Å². The first-order valence-electron chi connectivity index (χ1n) is 6.26. The van der Waals surface area contributed by atoms with E-state index in [4.69, 9.17) is 16.9 Å². The molecule has 19 heavy (non-hydrogen) atoms. The summed E-state index contributed by atoms with van der Waals surface area (Å²) in [5.74, 6) is 2.87. The Kier molecular flexibility index (Phi) is 5.91. The summed E-state index contributed by atoms with van der Waals surface area (Å²) < 4.78 is 5.75. The number of ether oxygens (including phenoxy) is 1. The van der Waals surface area contributed by atoms with Crippen molar-refractivity contribution in [3.05, 3.63) is 29.3 Å². The number of benzene rings is 1. The maximum absolute atomic E-state index is 11.7. The largest absolute Gasteiger partial charge is 0.480 e. The van der Waals surface area contributed by atoms with Gasteiger partial charge >= 0.3 is 0 Å². The molecule has 0 spiro atoms. The van der Waals surface area contributed by atoms with E-state index in [2.05, 4.69) is 11.2 Å². The second kappa shape index (κ2) is 7.45. The zero-order chi connectivity index (χ0) is 14.3. The minimum absolute atomic E-state index is 0.204. The number of carbonyl (C=O) groups excluding carboxylic acids is 1. The molecule has 0 heterocycles. The molecule has 0 fully saturated rings. The lowest BCUT2D eigenvalue weighted by atomic mass is 10.1. The molecule has 0 aliphatic heterocycles. The molecule has 3 N–H and O–H groups in total. The van der Waals surface area contributed by atoms with Crippen LogP contribution in [0.4, 0.5) is 0 Å². The van der Waals surface area contributed by atoms with Gasteiger partial charge in [-0.15, -0.1) is 6.42 Å². The van der Waals surface area contributed by atoms with Crippen LogP contribution in [-0.2, 0) is 11.2 Å². The lowest BCUT2D eigenvalue weighted by Gasteiger charge is -2.18. The van der Waals surface area contributed by atoms with E-state index in [1.54, 1.807) is 6.92 Å². The van der Waals surface area contributed by atoms with Crippen LogP contribution in [0.1, 0.15) is 18.1 Å². The van der Waals surface area contributed by atoms with Crippen molar-refractivity contribution < 1.29 is 9.53 Å². The van der Waals surface area contributed by atoms with Crippen LogP contribution in [0.25, 0.3) is 0 Å². The first kappa shape index (κ1) is 15.1. The summed E-state index contributed by atoms with van der Waals surface area (Å²) in [5.41, 5.74) is 7.58. The Hall–Kier alpha value is -1.99. The van der Waals surface area contributed by atoms with E-state index in [0.29, 0.717) is 6.54 Å². The molecule has 1 amide bonds. The maximum Gasteiger partial charge on any atom is 0.261 e. The van der Waals surface area contributed by atoms with Gasteiger partial charge in [0.2, 0.25) is 0 Å². The number of hydrogen-bond acceptors (Lipinski definition) is 3. The molecule has 1 unspecified atom stereocenters. The van der Waals surface area contributed by atoms with Gasteiger partial charge in [-0.25, -0.2) is 0 Å². The molecule has 0 aliphatic rings. The highest BCUT2D eigenvalue weighted by Gasteiger charge is 2.16. The lowest BCUT2D eigenvalue weighted by molar-refractivity contribution is -0.127. The predicted molar refractivity (Wildman–Crippen MR) is 75.9 cm³/mol. The van der Waals surface area contributed by atoms with Crippen molar-refractivity contribution in [1.29, 1.82) is 0 Å². The van der Waals surface area contributed by atoms with Gasteiger partial charge in [0, 0.05) is 0 Å². The lowest BCUT2D eigenvalue weighted by Crippen LogP contribution is -2.36. The summed E-state index contributed by atoms with van der Waals surface area (Å²) in [4.78, 5) is 11.7. The van der Waals surface area contributed by atoms with Gasteiger partial charge in [-0.1, -0.05) is 24.1 Å². The Bertz CT molecular complexity index is 478. The highest BCUT2D eigenvalue weighted by atomic mass is 16.5. The molecule has 0 radical (unpaired) electrons. The first-order valence-corrected chi connectivity index (χ1v) is 6.26. The maximum atomic E-state index is 11.7. The molecular weight excluding hydrogens is 240 g/mol. The third-order valence-corrected chi connectivity index (χ3v) is 2.74. The number of rotatable bonds is 6. The third-order valence-electron chi connectivity index (χ3n) is 2.74. The quantitative estimate of drug-likeness (QED) is 0.750. The van der Waals surface area contributed by atoms with Crippen LogP contribution in [0.15, 0.2) is 18.2 Å². The van der Waals surface area contributed by atoms with Crippen molar-refractivity contribution in [2.75, 3.05) is 13.1 Å². The molecule has 1 rings (SSSR count).